The molecule has 0 saturated heterocycles. The fraction of sp³-hybridized carbons (Fsp3) is 0.286. The maximum Gasteiger partial charge on any atom is 0.297 e. The second-order valence-electron chi connectivity index (χ2n) is 4.34. The molecular weight excluding hydrogens is 262 g/mol. The number of benzene rings is 2. The molecule has 0 aromatic heterocycles. The first kappa shape index (κ1) is 15.6. The Morgan fingerprint density at radius 3 is 2.16 bits per heavy atom. The quantitative estimate of drug-likeness (QED) is 0.859. The van der Waals surface area contributed by atoms with Gasteiger partial charge in [-0.05, 0) is 17.5 Å². The van der Waals surface area contributed by atoms with Gasteiger partial charge in [0, 0.05) is 5.39 Å². The summed E-state index contributed by atoms with van der Waals surface area (Å²) in [4.78, 5) is 0.211. The normalized spacial score (nSPS) is 11.2. The summed E-state index contributed by atoms with van der Waals surface area (Å²) in [6, 6.07) is 12.7. The van der Waals surface area contributed by atoms with Gasteiger partial charge < -0.3 is 5.73 Å². The van der Waals surface area contributed by atoms with Gasteiger partial charge in [-0.15, -0.1) is 0 Å². The highest BCUT2D eigenvalue weighted by molar-refractivity contribution is 7.87. The molecule has 2 rings (SSSR count). The van der Waals surface area contributed by atoms with Gasteiger partial charge in [-0.1, -0.05) is 50.2 Å². The highest BCUT2D eigenvalue weighted by Crippen LogP contribution is 2.23. The van der Waals surface area contributed by atoms with E-state index >= 15 is 0 Å². The zero-order chi connectivity index (χ0) is 14.5. The van der Waals surface area contributed by atoms with Gasteiger partial charge >= 0.3 is 0 Å². The van der Waals surface area contributed by atoms with Crippen molar-refractivity contribution in [2.24, 2.45) is 5.73 Å². The maximum absolute atomic E-state index is 11.6. The van der Waals surface area contributed by atoms with E-state index in [0.717, 1.165) is 12.5 Å². The molecule has 0 fully saturated rings. The van der Waals surface area contributed by atoms with Crippen molar-refractivity contribution in [1.82, 2.24) is 0 Å². The molecule has 0 amide bonds. The second kappa shape index (κ2) is 6.65. The summed E-state index contributed by atoms with van der Waals surface area (Å²) in [5.74, 6) is 0. The van der Waals surface area contributed by atoms with Gasteiger partial charge in [-0.2, -0.15) is 8.42 Å². The van der Waals surface area contributed by atoms with Crippen LogP contribution in [0.3, 0.4) is 0 Å². The SMILES string of the molecule is CC(C)N.COS(=O)(=O)c1cccc2ccccc12. The third kappa shape index (κ3) is 4.31. The number of hydrogen-bond acceptors (Lipinski definition) is 4. The highest BCUT2D eigenvalue weighted by atomic mass is 32.2. The number of fused-ring (bicyclic) bond motifs is 1. The predicted molar refractivity (Wildman–Crippen MR) is 77.5 cm³/mol. The lowest BCUT2D eigenvalue weighted by molar-refractivity contribution is 0.398. The average Bonchev–Trinajstić information content (AvgIpc) is 2.37. The summed E-state index contributed by atoms with van der Waals surface area (Å²) < 4.78 is 27.7. The van der Waals surface area contributed by atoms with Crippen LogP contribution in [0.2, 0.25) is 0 Å². The van der Waals surface area contributed by atoms with Gasteiger partial charge in [0.25, 0.3) is 10.1 Å². The van der Waals surface area contributed by atoms with Crippen molar-refractivity contribution < 1.29 is 12.6 Å². The van der Waals surface area contributed by atoms with Crippen LogP contribution in [-0.4, -0.2) is 21.6 Å². The highest BCUT2D eigenvalue weighted by Gasteiger charge is 2.15. The predicted octanol–water partition coefficient (Wildman–Crippen LogP) is 2.53. The Balaban J connectivity index is 0.000000399. The summed E-state index contributed by atoms with van der Waals surface area (Å²) in [6.45, 7) is 3.89. The minimum Gasteiger partial charge on any atom is -0.328 e. The molecule has 0 aliphatic heterocycles. The average molecular weight is 281 g/mol. The standard InChI is InChI=1S/C11H10O3S.C3H9N/c1-14-15(12,13)11-8-4-6-9-5-2-3-7-10(9)11;1-3(2)4/h2-8H,1H3;3H,4H2,1-2H3. The minimum atomic E-state index is -3.62. The van der Waals surface area contributed by atoms with Crippen LogP contribution in [0.1, 0.15) is 13.8 Å². The first-order valence-electron chi connectivity index (χ1n) is 5.92. The Morgan fingerprint density at radius 2 is 1.58 bits per heavy atom. The molecule has 0 radical (unpaired) electrons. The summed E-state index contributed by atoms with van der Waals surface area (Å²) in [6.07, 6.45) is 0. The van der Waals surface area contributed by atoms with E-state index in [1.807, 2.05) is 32.0 Å². The molecule has 5 heteroatoms. The molecular formula is C14H19NO3S. The second-order valence-corrected chi connectivity index (χ2v) is 6.02. The monoisotopic (exact) mass is 281 g/mol. The van der Waals surface area contributed by atoms with Gasteiger partial charge in [0.1, 0.15) is 4.90 Å². The molecule has 2 N–H and O–H groups in total. The molecule has 0 saturated carbocycles. The summed E-state index contributed by atoms with van der Waals surface area (Å²) in [5, 5.41) is 1.57. The van der Waals surface area contributed by atoms with E-state index in [-0.39, 0.29) is 4.90 Å². The Hall–Kier alpha value is -1.43. The van der Waals surface area contributed by atoms with Gasteiger partial charge in [-0.25, -0.2) is 0 Å². The largest absolute Gasteiger partial charge is 0.328 e. The van der Waals surface area contributed by atoms with Crippen LogP contribution in [0.5, 0.6) is 0 Å². The van der Waals surface area contributed by atoms with Crippen LogP contribution in [0, 0.1) is 0 Å². The first-order chi connectivity index (χ1) is 8.88. The lowest BCUT2D eigenvalue weighted by atomic mass is 10.1. The molecule has 0 bridgehead atoms. The molecule has 0 aliphatic rings. The van der Waals surface area contributed by atoms with E-state index in [1.54, 1.807) is 24.3 Å². The molecule has 4 nitrogen and oxygen atoms in total. The Labute approximate surface area is 114 Å². The molecule has 104 valence electrons. The Morgan fingerprint density at radius 1 is 1.05 bits per heavy atom. The summed E-state index contributed by atoms with van der Waals surface area (Å²) in [7, 11) is -2.46. The van der Waals surface area contributed by atoms with Crippen LogP contribution < -0.4 is 5.73 Å². The van der Waals surface area contributed by atoms with E-state index in [4.69, 9.17) is 5.73 Å². The Kier molecular flexibility index (Phi) is 5.47. The zero-order valence-electron chi connectivity index (χ0n) is 11.3. The van der Waals surface area contributed by atoms with E-state index in [1.165, 1.54) is 0 Å². The zero-order valence-corrected chi connectivity index (χ0v) is 12.1. The molecule has 0 heterocycles. The summed E-state index contributed by atoms with van der Waals surface area (Å²) >= 11 is 0. The van der Waals surface area contributed by atoms with Gasteiger partial charge in [0.05, 0.1) is 7.11 Å². The molecule has 19 heavy (non-hydrogen) atoms. The molecule has 2 aromatic carbocycles. The molecule has 0 unspecified atom stereocenters. The van der Waals surface area contributed by atoms with Crippen molar-refractivity contribution in [1.29, 1.82) is 0 Å². The van der Waals surface area contributed by atoms with Crippen LogP contribution in [0.25, 0.3) is 10.8 Å². The number of nitrogens with two attached hydrogens (primary N) is 1. The molecule has 0 spiro atoms. The Bertz CT molecular complexity index is 628. The van der Waals surface area contributed by atoms with E-state index < -0.39 is 10.1 Å². The lowest BCUT2D eigenvalue weighted by Crippen LogP contribution is -2.06. The van der Waals surface area contributed by atoms with E-state index in [0.29, 0.717) is 11.4 Å². The fourth-order valence-electron chi connectivity index (χ4n) is 1.50. The van der Waals surface area contributed by atoms with Crippen molar-refractivity contribution in [3.05, 3.63) is 42.5 Å². The van der Waals surface area contributed by atoms with Gasteiger partial charge in [0.15, 0.2) is 0 Å². The molecule has 0 aliphatic carbocycles. The van der Waals surface area contributed by atoms with Crippen molar-refractivity contribution in [3.63, 3.8) is 0 Å². The topological polar surface area (TPSA) is 69.4 Å². The van der Waals surface area contributed by atoms with Crippen molar-refractivity contribution in [2.45, 2.75) is 24.8 Å². The van der Waals surface area contributed by atoms with Crippen LogP contribution >= 0.6 is 0 Å². The van der Waals surface area contributed by atoms with Gasteiger partial charge in [-0.3, -0.25) is 4.18 Å². The third-order valence-corrected chi connectivity index (χ3v) is 3.57. The van der Waals surface area contributed by atoms with Crippen molar-refractivity contribution >= 4 is 20.9 Å². The molecule has 2 aromatic rings. The van der Waals surface area contributed by atoms with Crippen molar-refractivity contribution in [2.75, 3.05) is 7.11 Å². The number of hydrogen-bond donors (Lipinski definition) is 1. The minimum absolute atomic E-state index is 0.211. The lowest BCUT2D eigenvalue weighted by Gasteiger charge is -2.05. The molecule has 0 atom stereocenters. The number of rotatable bonds is 2. The van der Waals surface area contributed by atoms with Crippen LogP contribution in [0.4, 0.5) is 0 Å². The van der Waals surface area contributed by atoms with Crippen molar-refractivity contribution in [3.8, 4) is 0 Å². The van der Waals surface area contributed by atoms with Crippen LogP contribution in [-0.2, 0) is 14.3 Å². The van der Waals surface area contributed by atoms with Gasteiger partial charge in [0.2, 0.25) is 0 Å². The smallest absolute Gasteiger partial charge is 0.297 e. The summed E-state index contributed by atoms with van der Waals surface area (Å²) in [5.41, 5.74) is 5.11. The third-order valence-electron chi connectivity index (χ3n) is 2.24. The fourth-order valence-corrected chi connectivity index (χ4v) is 2.38. The van der Waals surface area contributed by atoms with E-state index in [2.05, 4.69) is 4.18 Å². The maximum atomic E-state index is 11.6. The van der Waals surface area contributed by atoms with E-state index in [9.17, 15) is 8.42 Å². The van der Waals surface area contributed by atoms with Crippen LogP contribution in [0.15, 0.2) is 47.4 Å². The first-order valence-corrected chi connectivity index (χ1v) is 7.33.